The van der Waals surface area contributed by atoms with Crippen LogP contribution in [0.5, 0.6) is 0 Å². The molecule has 0 aromatic carbocycles. The number of hydrogen-bond donors (Lipinski definition) is 2. The van der Waals surface area contributed by atoms with Crippen molar-refractivity contribution < 1.29 is 14.6 Å². The first-order chi connectivity index (χ1) is 10.1. The summed E-state index contributed by atoms with van der Waals surface area (Å²) in [4.78, 5) is 12.3. The Morgan fingerprint density at radius 3 is 2.32 bits per heavy atom. The van der Waals surface area contributed by atoms with Gasteiger partial charge < -0.3 is 15.2 Å². The highest BCUT2D eigenvalue weighted by molar-refractivity contribution is 7.99. The molecule has 0 rings (SSSR count). The van der Waals surface area contributed by atoms with Gasteiger partial charge in [-0.05, 0) is 45.8 Å². The Kier molecular flexibility index (Phi) is 10.4. The normalized spacial score (nSPS) is 16.4. The zero-order valence-corrected chi connectivity index (χ0v) is 16.1. The predicted octanol–water partition coefficient (Wildman–Crippen LogP) is 3.23. The van der Waals surface area contributed by atoms with Crippen molar-refractivity contribution in [2.75, 3.05) is 12.8 Å². The van der Waals surface area contributed by atoms with Crippen molar-refractivity contribution in [2.24, 2.45) is 5.92 Å². The second kappa shape index (κ2) is 10.5. The molecule has 0 fully saturated rings. The molecule has 0 saturated heterocycles. The topological polar surface area (TPSA) is 58.6 Å². The first kappa shape index (κ1) is 21.7. The molecule has 0 aliphatic carbocycles. The second-order valence-corrected chi connectivity index (χ2v) is 8.33. The van der Waals surface area contributed by atoms with E-state index in [-0.39, 0.29) is 23.4 Å². The number of ether oxygens (including phenoxy) is 1. The van der Waals surface area contributed by atoms with E-state index < -0.39 is 5.60 Å². The highest BCUT2D eigenvalue weighted by Gasteiger charge is 2.27. The lowest BCUT2D eigenvalue weighted by atomic mass is 10.0. The molecular formula is C17H35NO3S. The Labute approximate surface area is 140 Å². The largest absolute Gasteiger partial charge is 0.459 e. The molecule has 132 valence electrons. The molecule has 0 amide bonds. The number of carbonyl (C=O) groups is 1. The van der Waals surface area contributed by atoms with Crippen LogP contribution in [0.25, 0.3) is 0 Å². The Morgan fingerprint density at radius 2 is 1.91 bits per heavy atom. The summed E-state index contributed by atoms with van der Waals surface area (Å²) in [5, 5.41) is 13.6. The van der Waals surface area contributed by atoms with Crippen LogP contribution in [0.4, 0.5) is 0 Å². The number of rotatable bonds is 10. The maximum atomic E-state index is 12.3. The summed E-state index contributed by atoms with van der Waals surface area (Å²) in [5.41, 5.74) is -0.478. The highest BCUT2D eigenvalue weighted by atomic mass is 32.2. The molecule has 3 atom stereocenters. The number of aliphatic hydroxyl groups excluding tert-OH is 1. The van der Waals surface area contributed by atoms with Crippen molar-refractivity contribution in [1.82, 2.24) is 5.32 Å². The molecular weight excluding hydrogens is 298 g/mol. The van der Waals surface area contributed by atoms with Crippen molar-refractivity contribution in [1.29, 1.82) is 0 Å². The molecule has 0 aromatic rings. The fourth-order valence-corrected chi connectivity index (χ4v) is 2.94. The quantitative estimate of drug-likeness (QED) is 0.601. The van der Waals surface area contributed by atoms with E-state index >= 15 is 0 Å². The minimum Gasteiger partial charge on any atom is -0.459 e. The van der Waals surface area contributed by atoms with E-state index in [0.717, 1.165) is 19.3 Å². The lowest BCUT2D eigenvalue weighted by Crippen LogP contribution is -2.46. The first-order valence-corrected chi connectivity index (χ1v) is 9.56. The number of nitrogens with one attached hydrogen (secondary N) is 1. The van der Waals surface area contributed by atoms with E-state index in [4.69, 9.17) is 4.74 Å². The fourth-order valence-electron chi connectivity index (χ4n) is 2.22. The van der Waals surface area contributed by atoms with Gasteiger partial charge in [-0.25, -0.2) is 0 Å². The monoisotopic (exact) mass is 333 g/mol. The van der Waals surface area contributed by atoms with Gasteiger partial charge in [-0.2, -0.15) is 11.8 Å². The summed E-state index contributed by atoms with van der Waals surface area (Å²) in [6, 6.07) is -0.317. The van der Waals surface area contributed by atoms with Crippen LogP contribution in [0.15, 0.2) is 0 Å². The molecule has 5 heteroatoms. The van der Waals surface area contributed by atoms with Gasteiger partial charge in [0, 0.05) is 11.8 Å². The van der Waals surface area contributed by atoms with E-state index in [1.54, 1.807) is 11.8 Å². The van der Waals surface area contributed by atoms with E-state index in [0.29, 0.717) is 12.5 Å². The minimum absolute atomic E-state index is 0.0945. The molecule has 0 radical (unpaired) electrons. The highest BCUT2D eigenvalue weighted by Crippen LogP contribution is 2.17. The molecule has 0 heterocycles. The van der Waals surface area contributed by atoms with Crippen molar-refractivity contribution in [3.8, 4) is 0 Å². The summed E-state index contributed by atoms with van der Waals surface area (Å²) in [6.07, 6.45) is 4.13. The van der Waals surface area contributed by atoms with Gasteiger partial charge in [0.05, 0.1) is 6.10 Å². The van der Waals surface area contributed by atoms with Crippen molar-refractivity contribution in [2.45, 2.75) is 83.8 Å². The van der Waals surface area contributed by atoms with Gasteiger partial charge in [-0.1, -0.05) is 27.2 Å². The molecule has 0 bridgehead atoms. The molecule has 4 nitrogen and oxygen atoms in total. The average molecular weight is 334 g/mol. The van der Waals surface area contributed by atoms with Gasteiger partial charge >= 0.3 is 5.97 Å². The Morgan fingerprint density at radius 1 is 1.32 bits per heavy atom. The Hall–Kier alpha value is -0.260. The van der Waals surface area contributed by atoms with Crippen molar-refractivity contribution in [3.05, 3.63) is 0 Å². The average Bonchev–Trinajstić information content (AvgIpc) is 2.35. The predicted molar refractivity (Wildman–Crippen MR) is 95.3 cm³/mol. The van der Waals surface area contributed by atoms with E-state index in [1.807, 2.05) is 27.0 Å². The lowest BCUT2D eigenvalue weighted by Gasteiger charge is -2.28. The summed E-state index contributed by atoms with van der Waals surface area (Å²) < 4.78 is 5.50. The van der Waals surface area contributed by atoms with Crippen molar-refractivity contribution >= 4 is 17.7 Å². The van der Waals surface area contributed by atoms with Gasteiger partial charge in [0.15, 0.2) is 0 Å². The van der Waals surface area contributed by atoms with E-state index in [2.05, 4.69) is 26.1 Å². The minimum atomic E-state index is -0.478. The summed E-state index contributed by atoms with van der Waals surface area (Å²) in [7, 11) is 0. The zero-order valence-electron chi connectivity index (χ0n) is 15.3. The smallest absolute Gasteiger partial charge is 0.323 e. The van der Waals surface area contributed by atoms with Crippen LogP contribution < -0.4 is 5.32 Å². The number of thioether (sulfide) groups is 1. The molecule has 0 aliphatic heterocycles. The third-order valence-electron chi connectivity index (χ3n) is 3.28. The summed E-state index contributed by atoms with van der Waals surface area (Å²) in [5.74, 6) is 0.198. The lowest BCUT2D eigenvalue weighted by molar-refractivity contribution is -0.158. The van der Waals surface area contributed by atoms with Crippen LogP contribution >= 0.6 is 11.8 Å². The van der Waals surface area contributed by atoms with Crippen LogP contribution in [-0.2, 0) is 9.53 Å². The van der Waals surface area contributed by atoms with E-state index in [1.165, 1.54) is 0 Å². The number of hydrogen-bond acceptors (Lipinski definition) is 5. The fraction of sp³-hybridized carbons (Fsp3) is 0.941. The van der Waals surface area contributed by atoms with Crippen molar-refractivity contribution in [3.63, 3.8) is 0 Å². The number of aliphatic hydroxyl groups is 1. The molecule has 0 aromatic heterocycles. The molecule has 0 spiro atoms. The van der Waals surface area contributed by atoms with Gasteiger partial charge in [0.25, 0.3) is 0 Å². The molecule has 0 saturated carbocycles. The molecule has 0 unspecified atom stereocenters. The van der Waals surface area contributed by atoms with Crippen LogP contribution in [0.3, 0.4) is 0 Å². The first-order valence-electron chi connectivity index (χ1n) is 8.27. The zero-order chi connectivity index (χ0) is 17.3. The molecule has 2 N–H and O–H groups in total. The Balaban J connectivity index is 4.67. The van der Waals surface area contributed by atoms with Gasteiger partial charge in [-0.15, -0.1) is 0 Å². The summed E-state index contributed by atoms with van der Waals surface area (Å²) in [6.45, 7) is 12.5. The van der Waals surface area contributed by atoms with Gasteiger partial charge in [0.1, 0.15) is 11.6 Å². The maximum absolute atomic E-state index is 12.3. The second-order valence-electron chi connectivity index (χ2n) is 7.25. The van der Waals surface area contributed by atoms with E-state index in [9.17, 15) is 9.90 Å². The number of carbonyl (C=O) groups excluding carboxylic acids is 1. The third-order valence-corrected chi connectivity index (χ3v) is 4.37. The van der Waals surface area contributed by atoms with Crippen LogP contribution in [0.1, 0.15) is 60.8 Å². The molecule has 22 heavy (non-hydrogen) atoms. The Bertz CT molecular complexity index is 316. The number of esters is 1. The standard InChI is InChI=1S/C17H35NO3S/c1-8-9-14(19)15(22-7)11-18-13(10-12(2)3)16(20)21-17(4,5)6/h12-15,18-19H,8-11H2,1-7H3/t13-,14-,15+/m0/s1. The van der Waals surface area contributed by atoms with Crippen LogP contribution in [0.2, 0.25) is 0 Å². The third kappa shape index (κ3) is 9.70. The van der Waals surface area contributed by atoms with Crippen LogP contribution in [-0.4, -0.2) is 46.9 Å². The SMILES string of the molecule is CCC[C@H](O)[C@@H](CN[C@@H](CC(C)C)C(=O)OC(C)(C)C)SC. The van der Waals surface area contributed by atoms with Crippen LogP contribution in [0, 0.1) is 5.92 Å². The maximum Gasteiger partial charge on any atom is 0.323 e. The molecule has 0 aliphatic rings. The van der Waals surface area contributed by atoms with Gasteiger partial charge in [-0.3, -0.25) is 4.79 Å². The summed E-state index contributed by atoms with van der Waals surface area (Å²) >= 11 is 1.64. The van der Waals surface area contributed by atoms with Gasteiger partial charge in [0.2, 0.25) is 0 Å².